The van der Waals surface area contributed by atoms with Gasteiger partial charge >= 0.3 is 12.0 Å². The van der Waals surface area contributed by atoms with E-state index in [-0.39, 0.29) is 11.3 Å². The van der Waals surface area contributed by atoms with Crippen molar-refractivity contribution in [2.24, 2.45) is 0 Å². The summed E-state index contributed by atoms with van der Waals surface area (Å²) in [6, 6.07) is 4.33. The van der Waals surface area contributed by atoms with E-state index in [9.17, 15) is 9.59 Å². The van der Waals surface area contributed by atoms with Gasteiger partial charge in [0.05, 0.1) is 11.3 Å². The first-order chi connectivity index (χ1) is 7.04. The first-order valence-corrected chi connectivity index (χ1v) is 5.14. The van der Waals surface area contributed by atoms with E-state index in [1.54, 1.807) is 12.1 Å². The van der Waals surface area contributed by atoms with Crippen molar-refractivity contribution in [2.75, 3.05) is 12.4 Å². The second-order valence-corrected chi connectivity index (χ2v) is 3.94. The second-order valence-electron chi connectivity index (χ2n) is 2.70. The van der Waals surface area contributed by atoms with E-state index < -0.39 is 12.0 Å². The number of hydrogen-bond acceptors (Lipinski definition) is 2. The van der Waals surface area contributed by atoms with Crippen LogP contribution in [0.15, 0.2) is 18.2 Å². The molecule has 0 fully saturated rings. The summed E-state index contributed by atoms with van der Waals surface area (Å²) in [7, 11) is 1.46. The summed E-state index contributed by atoms with van der Waals surface area (Å²) in [6.07, 6.45) is 0. The Morgan fingerprint density at radius 2 is 2.07 bits per heavy atom. The first kappa shape index (κ1) is 11.8. The summed E-state index contributed by atoms with van der Waals surface area (Å²) < 4.78 is 0.799. The van der Waals surface area contributed by atoms with E-state index >= 15 is 0 Å². The summed E-state index contributed by atoms with van der Waals surface area (Å²) in [6.45, 7) is 0. The van der Waals surface area contributed by atoms with Gasteiger partial charge in [0.15, 0.2) is 0 Å². The molecule has 0 aromatic heterocycles. The van der Waals surface area contributed by atoms with Gasteiger partial charge in [0.2, 0.25) is 0 Å². The molecule has 0 radical (unpaired) electrons. The van der Waals surface area contributed by atoms with Crippen molar-refractivity contribution in [1.29, 1.82) is 0 Å². The molecule has 6 heteroatoms. The number of aromatic carboxylic acids is 1. The molecule has 3 N–H and O–H groups in total. The molecule has 5 nitrogen and oxygen atoms in total. The maximum absolute atomic E-state index is 11.0. The van der Waals surface area contributed by atoms with Gasteiger partial charge in [-0.25, -0.2) is 9.59 Å². The van der Waals surface area contributed by atoms with E-state index in [2.05, 4.69) is 10.6 Å². The molecule has 1 rings (SSSR count). The summed E-state index contributed by atoms with van der Waals surface area (Å²) in [5.41, 5.74) is 0.354. The summed E-state index contributed by atoms with van der Waals surface area (Å²) >= 11 is 2.01. The molecule has 0 spiro atoms. The highest BCUT2D eigenvalue weighted by Crippen LogP contribution is 2.18. The van der Waals surface area contributed by atoms with Crippen molar-refractivity contribution in [3.8, 4) is 0 Å². The largest absolute Gasteiger partial charge is 0.478 e. The zero-order valence-corrected chi connectivity index (χ0v) is 10.0. The topological polar surface area (TPSA) is 78.4 Å². The Kier molecular flexibility index (Phi) is 3.89. The minimum atomic E-state index is -1.07. The molecular weight excluding hydrogens is 311 g/mol. The van der Waals surface area contributed by atoms with Gasteiger partial charge in [-0.1, -0.05) is 0 Å². The molecule has 0 saturated carbocycles. The quantitative estimate of drug-likeness (QED) is 0.726. The molecule has 0 heterocycles. The van der Waals surface area contributed by atoms with Crippen molar-refractivity contribution in [2.45, 2.75) is 0 Å². The highest BCUT2D eigenvalue weighted by atomic mass is 127. The van der Waals surface area contributed by atoms with Crippen LogP contribution in [0.2, 0.25) is 0 Å². The Morgan fingerprint density at radius 1 is 1.40 bits per heavy atom. The number of carboxylic acids is 1. The SMILES string of the molecule is CNC(=O)Nc1ccc(I)cc1C(=O)O. The number of carbonyl (C=O) groups excluding carboxylic acids is 1. The summed E-state index contributed by atoms with van der Waals surface area (Å²) in [5.74, 6) is -1.07. The normalized spacial score (nSPS) is 9.47. The second kappa shape index (κ2) is 4.96. The number of nitrogens with one attached hydrogen (secondary N) is 2. The van der Waals surface area contributed by atoms with Crippen LogP contribution >= 0.6 is 22.6 Å². The molecule has 15 heavy (non-hydrogen) atoms. The third kappa shape index (κ3) is 3.08. The van der Waals surface area contributed by atoms with E-state index in [0.29, 0.717) is 0 Å². The van der Waals surface area contributed by atoms with Crippen LogP contribution in [0, 0.1) is 3.57 Å². The fourth-order valence-corrected chi connectivity index (χ4v) is 1.48. The highest BCUT2D eigenvalue weighted by molar-refractivity contribution is 14.1. The number of amides is 2. The molecule has 1 aromatic carbocycles. The van der Waals surface area contributed by atoms with Gasteiger partial charge in [-0.2, -0.15) is 0 Å². The predicted molar refractivity (Wildman–Crippen MR) is 64.2 cm³/mol. The van der Waals surface area contributed by atoms with Gasteiger partial charge in [-0.15, -0.1) is 0 Å². The molecule has 0 aliphatic heterocycles. The van der Waals surface area contributed by atoms with E-state index in [4.69, 9.17) is 5.11 Å². The van der Waals surface area contributed by atoms with Crippen molar-refractivity contribution in [3.63, 3.8) is 0 Å². The minimum Gasteiger partial charge on any atom is -0.478 e. The Hall–Kier alpha value is -1.31. The van der Waals surface area contributed by atoms with Crippen LogP contribution in [-0.2, 0) is 0 Å². The number of urea groups is 1. The van der Waals surface area contributed by atoms with Gasteiger partial charge in [0, 0.05) is 10.6 Å². The molecular formula is C9H9IN2O3. The lowest BCUT2D eigenvalue weighted by Gasteiger charge is -2.07. The van der Waals surface area contributed by atoms with Crippen LogP contribution in [0.25, 0.3) is 0 Å². The fraction of sp³-hybridized carbons (Fsp3) is 0.111. The van der Waals surface area contributed by atoms with E-state index in [1.165, 1.54) is 13.1 Å². The Balaban J connectivity index is 3.06. The first-order valence-electron chi connectivity index (χ1n) is 4.06. The summed E-state index contributed by atoms with van der Waals surface area (Å²) in [5, 5.41) is 13.7. The molecule has 0 aliphatic carbocycles. The van der Waals surface area contributed by atoms with Crippen molar-refractivity contribution >= 4 is 40.3 Å². The monoisotopic (exact) mass is 320 g/mol. The average molecular weight is 320 g/mol. The van der Waals surface area contributed by atoms with Gasteiger partial charge in [0.1, 0.15) is 0 Å². The van der Waals surface area contributed by atoms with Crippen LogP contribution in [0.5, 0.6) is 0 Å². The van der Waals surface area contributed by atoms with E-state index in [1.807, 2.05) is 22.6 Å². The third-order valence-corrected chi connectivity index (χ3v) is 2.36. The minimum absolute atomic E-state index is 0.0745. The Morgan fingerprint density at radius 3 is 2.60 bits per heavy atom. The van der Waals surface area contributed by atoms with Crippen LogP contribution < -0.4 is 10.6 Å². The number of carbonyl (C=O) groups is 2. The van der Waals surface area contributed by atoms with Crippen LogP contribution in [0.4, 0.5) is 10.5 Å². The average Bonchev–Trinajstić information content (AvgIpc) is 2.20. The molecule has 1 aromatic rings. The summed E-state index contributed by atoms with van der Waals surface area (Å²) in [4.78, 5) is 21.9. The zero-order valence-electron chi connectivity index (χ0n) is 7.87. The zero-order chi connectivity index (χ0) is 11.4. The number of anilines is 1. The Labute approximate surface area is 100 Å². The lowest BCUT2D eigenvalue weighted by molar-refractivity contribution is 0.0698. The molecule has 0 unspecified atom stereocenters. The maximum atomic E-state index is 11.0. The fourth-order valence-electron chi connectivity index (χ4n) is 0.987. The Bertz CT molecular complexity index is 406. The molecule has 2 amide bonds. The van der Waals surface area contributed by atoms with Crippen LogP contribution in [0.1, 0.15) is 10.4 Å². The number of benzene rings is 1. The van der Waals surface area contributed by atoms with Gasteiger partial charge in [-0.05, 0) is 40.8 Å². The number of hydrogen-bond donors (Lipinski definition) is 3. The van der Waals surface area contributed by atoms with Crippen LogP contribution in [-0.4, -0.2) is 24.2 Å². The lowest BCUT2D eigenvalue weighted by Crippen LogP contribution is -2.25. The van der Waals surface area contributed by atoms with Gasteiger partial charge < -0.3 is 15.7 Å². The van der Waals surface area contributed by atoms with Crippen molar-refractivity contribution < 1.29 is 14.7 Å². The molecule has 0 atom stereocenters. The van der Waals surface area contributed by atoms with Crippen molar-refractivity contribution in [3.05, 3.63) is 27.3 Å². The van der Waals surface area contributed by atoms with Gasteiger partial charge in [-0.3, -0.25) is 0 Å². The number of carboxylic acid groups (broad SMARTS) is 1. The smallest absolute Gasteiger partial charge is 0.337 e. The molecule has 0 saturated heterocycles. The number of rotatable bonds is 2. The lowest BCUT2D eigenvalue weighted by atomic mass is 10.2. The van der Waals surface area contributed by atoms with E-state index in [0.717, 1.165) is 3.57 Å². The highest BCUT2D eigenvalue weighted by Gasteiger charge is 2.11. The predicted octanol–water partition coefficient (Wildman–Crippen LogP) is 1.74. The number of halogens is 1. The van der Waals surface area contributed by atoms with Crippen LogP contribution in [0.3, 0.4) is 0 Å². The maximum Gasteiger partial charge on any atom is 0.337 e. The molecule has 0 bridgehead atoms. The molecule has 80 valence electrons. The third-order valence-electron chi connectivity index (χ3n) is 1.69. The van der Waals surface area contributed by atoms with Gasteiger partial charge in [0.25, 0.3) is 0 Å². The molecule has 0 aliphatic rings. The standard InChI is InChI=1S/C9H9IN2O3/c1-11-9(15)12-7-3-2-5(10)4-6(7)8(13)14/h2-4H,1H3,(H,13,14)(H2,11,12,15). The van der Waals surface area contributed by atoms with Crippen molar-refractivity contribution in [1.82, 2.24) is 5.32 Å².